The van der Waals surface area contributed by atoms with Gasteiger partial charge in [-0.05, 0) is 65.7 Å². The van der Waals surface area contributed by atoms with Gasteiger partial charge in [0.1, 0.15) is 11.9 Å². The Morgan fingerprint density at radius 1 is 1.44 bits per heavy atom. The highest BCUT2D eigenvalue weighted by molar-refractivity contribution is 9.10. The fraction of sp³-hybridized carbons (Fsp3) is 0.467. The third kappa shape index (κ3) is 2.81. The fourth-order valence-electron chi connectivity index (χ4n) is 2.74. The monoisotopic (exact) mass is 305 g/mol. The van der Waals surface area contributed by atoms with Gasteiger partial charge in [0.15, 0.2) is 0 Å². The molecule has 0 bridgehead atoms. The Kier molecular flexibility index (Phi) is 4.19. The van der Waals surface area contributed by atoms with Crippen LogP contribution in [0, 0.1) is 17.2 Å². The highest BCUT2D eigenvalue weighted by atomic mass is 79.9. The Morgan fingerprint density at radius 3 is 2.89 bits per heavy atom. The summed E-state index contributed by atoms with van der Waals surface area (Å²) in [6, 6.07) is 8.15. The number of nitrogens with zero attached hydrogens (tertiary/aromatic N) is 1. The number of rotatable bonds is 2. The van der Waals surface area contributed by atoms with Gasteiger partial charge in [0.05, 0.1) is 5.56 Å². The molecule has 18 heavy (non-hydrogen) atoms. The van der Waals surface area contributed by atoms with Crippen molar-refractivity contribution in [3.63, 3.8) is 0 Å². The van der Waals surface area contributed by atoms with E-state index in [9.17, 15) is 4.79 Å². The standard InChI is InChI=1S/C15H16BrNO/c1-10(18)11-3-2-4-12(7-11)13-5-6-15(16)14(8-13)9-17/h5-6,8,11-12H,2-4,7H2,1H3. The minimum Gasteiger partial charge on any atom is -0.300 e. The first-order chi connectivity index (χ1) is 8.61. The lowest BCUT2D eigenvalue weighted by Crippen LogP contribution is -2.20. The van der Waals surface area contributed by atoms with Gasteiger partial charge < -0.3 is 0 Å². The van der Waals surface area contributed by atoms with E-state index < -0.39 is 0 Å². The van der Waals surface area contributed by atoms with Gasteiger partial charge in [0.2, 0.25) is 0 Å². The number of hydrogen-bond acceptors (Lipinski definition) is 2. The zero-order valence-corrected chi connectivity index (χ0v) is 12.0. The van der Waals surface area contributed by atoms with Crippen molar-refractivity contribution >= 4 is 21.7 Å². The Bertz CT molecular complexity index is 504. The van der Waals surface area contributed by atoms with E-state index in [0.717, 1.165) is 30.2 Å². The van der Waals surface area contributed by atoms with Gasteiger partial charge >= 0.3 is 0 Å². The van der Waals surface area contributed by atoms with Crippen LogP contribution in [0.2, 0.25) is 0 Å². The Labute approximate surface area is 116 Å². The molecule has 0 aromatic heterocycles. The van der Waals surface area contributed by atoms with Crippen LogP contribution in [-0.2, 0) is 4.79 Å². The van der Waals surface area contributed by atoms with Crippen molar-refractivity contribution < 1.29 is 4.79 Å². The van der Waals surface area contributed by atoms with Crippen molar-refractivity contribution in [1.82, 2.24) is 0 Å². The van der Waals surface area contributed by atoms with Crippen molar-refractivity contribution in [1.29, 1.82) is 5.26 Å². The van der Waals surface area contributed by atoms with Crippen LogP contribution in [0.3, 0.4) is 0 Å². The summed E-state index contributed by atoms with van der Waals surface area (Å²) in [5.41, 5.74) is 1.87. The fourth-order valence-corrected chi connectivity index (χ4v) is 3.08. The molecule has 0 radical (unpaired) electrons. The van der Waals surface area contributed by atoms with E-state index in [1.165, 1.54) is 5.56 Å². The average molecular weight is 306 g/mol. The van der Waals surface area contributed by atoms with Crippen LogP contribution in [0.4, 0.5) is 0 Å². The topological polar surface area (TPSA) is 40.9 Å². The van der Waals surface area contributed by atoms with Crippen LogP contribution in [-0.4, -0.2) is 5.78 Å². The molecule has 0 spiro atoms. The molecule has 1 aromatic rings. The van der Waals surface area contributed by atoms with Crippen molar-refractivity contribution in [2.45, 2.75) is 38.5 Å². The average Bonchev–Trinajstić information content (AvgIpc) is 2.39. The van der Waals surface area contributed by atoms with Gasteiger partial charge in [0, 0.05) is 10.4 Å². The van der Waals surface area contributed by atoms with Crippen molar-refractivity contribution in [3.05, 3.63) is 33.8 Å². The highest BCUT2D eigenvalue weighted by Gasteiger charge is 2.26. The van der Waals surface area contributed by atoms with E-state index in [2.05, 4.69) is 28.1 Å². The number of halogens is 1. The normalized spacial score (nSPS) is 23.4. The number of Topliss-reactive ketones (excluding diaryl/α,β-unsaturated/α-hetero) is 1. The summed E-state index contributed by atoms with van der Waals surface area (Å²) in [6.45, 7) is 1.69. The summed E-state index contributed by atoms with van der Waals surface area (Å²) in [6.07, 6.45) is 4.18. The molecular formula is C15H16BrNO. The number of nitriles is 1. The van der Waals surface area contributed by atoms with E-state index in [0.29, 0.717) is 17.3 Å². The Balaban J connectivity index is 2.21. The van der Waals surface area contributed by atoms with E-state index in [-0.39, 0.29) is 5.92 Å². The molecule has 0 saturated heterocycles. The Hall–Kier alpha value is -1.14. The molecule has 1 fully saturated rings. The summed E-state index contributed by atoms with van der Waals surface area (Å²) in [4.78, 5) is 11.5. The summed E-state index contributed by atoms with van der Waals surface area (Å²) in [5.74, 6) is 0.933. The second-order valence-electron chi connectivity index (χ2n) is 5.02. The summed E-state index contributed by atoms with van der Waals surface area (Å²) >= 11 is 3.37. The first-order valence-electron chi connectivity index (χ1n) is 6.32. The molecule has 0 aliphatic heterocycles. The lowest BCUT2D eigenvalue weighted by atomic mass is 9.76. The number of benzene rings is 1. The van der Waals surface area contributed by atoms with Gasteiger partial charge in [-0.1, -0.05) is 12.5 Å². The van der Waals surface area contributed by atoms with Crippen molar-refractivity contribution in [3.8, 4) is 6.07 Å². The molecule has 94 valence electrons. The molecule has 2 unspecified atom stereocenters. The maximum absolute atomic E-state index is 11.5. The maximum Gasteiger partial charge on any atom is 0.132 e. The van der Waals surface area contributed by atoms with Gasteiger partial charge in [-0.2, -0.15) is 5.26 Å². The molecule has 3 heteroatoms. The number of carbonyl (C=O) groups is 1. The lowest BCUT2D eigenvalue weighted by molar-refractivity contribution is -0.121. The number of carbonyl (C=O) groups excluding carboxylic acids is 1. The van der Waals surface area contributed by atoms with Crippen LogP contribution in [0.5, 0.6) is 0 Å². The predicted molar refractivity (Wildman–Crippen MR) is 74.2 cm³/mol. The molecule has 2 nitrogen and oxygen atoms in total. The first-order valence-corrected chi connectivity index (χ1v) is 7.11. The van der Waals surface area contributed by atoms with Gasteiger partial charge in [-0.25, -0.2) is 0 Å². The number of ketones is 1. The molecule has 1 aliphatic rings. The van der Waals surface area contributed by atoms with Crippen LogP contribution in [0.15, 0.2) is 22.7 Å². The molecule has 0 N–H and O–H groups in total. The van der Waals surface area contributed by atoms with Crippen LogP contribution >= 0.6 is 15.9 Å². The van der Waals surface area contributed by atoms with Crippen molar-refractivity contribution in [2.24, 2.45) is 5.92 Å². The molecule has 2 rings (SSSR count). The molecule has 2 atom stereocenters. The largest absolute Gasteiger partial charge is 0.300 e. The first kappa shape index (κ1) is 13.3. The summed E-state index contributed by atoms with van der Waals surface area (Å²) in [7, 11) is 0. The molecule has 1 aromatic carbocycles. The van der Waals surface area contributed by atoms with E-state index >= 15 is 0 Å². The second-order valence-corrected chi connectivity index (χ2v) is 5.88. The molecule has 0 amide bonds. The lowest BCUT2D eigenvalue weighted by Gasteiger charge is -2.28. The molecule has 1 aliphatic carbocycles. The summed E-state index contributed by atoms with van der Waals surface area (Å²) < 4.78 is 0.840. The van der Waals surface area contributed by atoms with E-state index in [1.54, 1.807) is 6.92 Å². The third-order valence-electron chi connectivity index (χ3n) is 3.83. The van der Waals surface area contributed by atoms with Gasteiger partial charge in [-0.3, -0.25) is 4.79 Å². The molecule has 1 saturated carbocycles. The van der Waals surface area contributed by atoms with E-state index in [1.807, 2.05) is 12.1 Å². The van der Waals surface area contributed by atoms with Crippen LogP contribution in [0.1, 0.15) is 49.7 Å². The molecular weight excluding hydrogens is 290 g/mol. The minimum atomic E-state index is 0.206. The highest BCUT2D eigenvalue weighted by Crippen LogP contribution is 2.37. The third-order valence-corrected chi connectivity index (χ3v) is 4.52. The second kappa shape index (κ2) is 5.67. The van der Waals surface area contributed by atoms with Gasteiger partial charge in [0.25, 0.3) is 0 Å². The minimum absolute atomic E-state index is 0.206. The van der Waals surface area contributed by atoms with Gasteiger partial charge in [-0.15, -0.1) is 0 Å². The smallest absolute Gasteiger partial charge is 0.132 e. The van der Waals surface area contributed by atoms with Crippen LogP contribution in [0.25, 0.3) is 0 Å². The maximum atomic E-state index is 11.5. The zero-order chi connectivity index (χ0) is 13.1. The quantitative estimate of drug-likeness (QED) is 0.822. The van der Waals surface area contributed by atoms with Crippen LogP contribution < -0.4 is 0 Å². The predicted octanol–water partition coefficient (Wildman–Crippen LogP) is 4.18. The van der Waals surface area contributed by atoms with E-state index in [4.69, 9.17) is 5.26 Å². The number of hydrogen-bond donors (Lipinski definition) is 0. The zero-order valence-electron chi connectivity index (χ0n) is 10.4. The Morgan fingerprint density at radius 2 is 2.22 bits per heavy atom. The molecule has 0 heterocycles. The summed E-state index contributed by atoms with van der Waals surface area (Å²) in [5, 5.41) is 9.05. The van der Waals surface area contributed by atoms with Crippen molar-refractivity contribution in [2.75, 3.05) is 0 Å². The SMILES string of the molecule is CC(=O)C1CCCC(c2ccc(Br)c(C#N)c2)C1.